The molecule has 0 bridgehead atoms. The second kappa shape index (κ2) is 7.01. The van der Waals surface area contributed by atoms with E-state index in [4.69, 9.17) is 0 Å². The summed E-state index contributed by atoms with van der Waals surface area (Å²) < 4.78 is 0. The number of aromatic nitrogens is 3. The van der Waals surface area contributed by atoms with Gasteiger partial charge in [-0.2, -0.15) is 0 Å². The van der Waals surface area contributed by atoms with E-state index >= 15 is 0 Å². The minimum Gasteiger partial charge on any atom is -0.356 e. The monoisotopic (exact) mass is 366 g/mol. The molecule has 1 aliphatic heterocycles. The van der Waals surface area contributed by atoms with Gasteiger partial charge in [0.25, 0.3) is 0 Å². The predicted octanol–water partition coefficient (Wildman–Crippen LogP) is 3.19. The zero-order valence-electron chi connectivity index (χ0n) is 15.1. The van der Waals surface area contributed by atoms with Gasteiger partial charge < -0.3 is 15.1 Å². The van der Waals surface area contributed by atoms with Crippen LogP contribution in [0.25, 0.3) is 21.3 Å². The number of piperazine rings is 1. The van der Waals surface area contributed by atoms with Crippen molar-refractivity contribution in [2.75, 3.05) is 38.5 Å². The molecule has 6 nitrogen and oxygen atoms in total. The van der Waals surface area contributed by atoms with E-state index in [9.17, 15) is 0 Å². The highest BCUT2D eigenvalue weighted by molar-refractivity contribution is 7.14. The van der Waals surface area contributed by atoms with E-state index in [0.717, 1.165) is 64.2 Å². The molecule has 1 saturated heterocycles. The molecule has 1 N–H and O–H groups in total. The van der Waals surface area contributed by atoms with Gasteiger partial charge in [0.1, 0.15) is 15.8 Å². The van der Waals surface area contributed by atoms with Crippen LogP contribution in [0.15, 0.2) is 42.9 Å². The molecule has 26 heavy (non-hydrogen) atoms. The third-order valence-corrected chi connectivity index (χ3v) is 5.54. The number of hydrogen-bond donors (Lipinski definition) is 1. The van der Waals surface area contributed by atoms with Gasteiger partial charge in [-0.25, -0.2) is 4.98 Å². The van der Waals surface area contributed by atoms with Crippen LogP contribution in [-0.2, 0) is 0 Å². The van der Waals surface area contributed by atoms with Crippen LogP contribution in [0.5, 0.6) is 0 Å². The maximum Gasteiger partial charge on any atom is 0.147 e. The Kier molecular flexibility index (Phi) is 4.57. The molecule has 7 heteroatoms. The number of aryl methyl sites for hydroxylation is 1. The van der Waals surface area contributed by atoms with Crippen molar-refractivity contribution in [1.82, 2.24) is 25.0 Å². The van der Waals surface area contributed by atoms with E-state index in [1.807, 2.05) is 13.1 Å². The fraction of sp³-hybridized carbons (Fsp3) is 0.316. The van der Waals surface area contributed by atoms with Crippen molar-refractivity contribution in [2.45, 2.75) is 6.92 Å². The molecule has 0 radical (unpaired) electrons. The van der Waals surface area contributed by atoms with Crippen LogP contribution in [0.2, 0.25) is 0 Å². The SMILES string of the molecule is C=C(Nc1cc2cc(-c3nnc(C)s3)ccc2cn1)N1CCN(C)CC1. The highest BCUT2D eigenvalue weighted by Gasteiger charge is 2.15. The molecule has 0 amide bonds. The van der Waals surface area contributed by atoms with E-state index in [1.165, 1.54) is 0 Å². The first kappa shape index (κ1) is 16.9. The summed E-state index contributed by atoms with van der Waals surface area (Å²) in [6.07, 6.45) is 1.89. The molecule has 1 fully saturated rings. The van der Waals surface area contributed by atoms with E-state index in [0.29, 0.717) is 0 Å². The molecule has 2 aromatic heterocycles. The topological polar surface area (TPSA) is 57.2 Å². The van der Waals surface area contributed by atoms with Crippen molar-refractivity contribution in [2.24, 2.45) is 0 Å². The van der Waals surface area contributed by atoms with E-state index in [-0.39, 0.29) is 0 Å². The first-order valence-corrected chi connectivity index (χ1v) is 9.50. The standard InChI is InChI=1S/C19H22N6S/c1-13(25-8-6-24(3)7-9-25)21-18-11-17-10-15(4-5-16(17)12-20-18)19-23-22-14(2)26-19/h4-5,10-12H,1,6-9H2,2-3H3,(H,20,21). The number of pyridine rings is 1. The quantitative estimate of drug-likeness (QED) is 0.765. The van der Waals surface area contributed by atoms with Crippen LogP contribution in [0, 0.1) is 6.92 Å². The molecule has 0 atom stereocenters. The Balaban J connectivity index is 1.55. The van der Waals surface area contributed by atoms with Crippen LogP contribution < -0.4 is 5.32 Å². The lowest BCUT2D eigenvalue weighted by Gasteiger charge is -2.35. The largest absolute Gasteiger partial charge is 0.356 e. The molecule has 0 saturated carbocycles. The highest BCUT2D eigenvalue weighted by Crippen LogP contribution is 2.27. The van der Waals surface area contributed by atoms with Gasteiger partial charge in [0.05, 0.1) is 5.82 Å². The summed E-state index contributed by atoms with van der Waals surface area (Å²) in [5, 5.41) is 15.9. The zero-order chi connectivity index (χ0) is 18.1. The van der Waals surface area contributed by atoms with Crippen molar-refractivity contribution >= 4 is 27.9 Å². The number of benzene rings is 1. The minimum atomic E-state index is 0.812. The molecule has 3 heterocycles. The fourth-order valence-corrected chi connectivity index (χ4v) is 3.75. The molecule has 3 aromatic rings. The third kappa shape index (κ3) is 3.54. The van der Waals surface area contributed by atoms with Crippen LogP contribution in [0.4, 0.5) is 5.82 Å². The molecular formula is C19H22N6S. The highest BCUT2D eigenvalue weighted by atomic mass is 32.1. The zero-order valence-corrected chi connectivity index (χ0v) is 15.9. The van der Waals surface area contributed by atoms with Crippen molar-refractivity contribution in [3.05, 3.63) is 47.9 Å². The Labute approximate surface area is 157 Å². The summed E-state index contributed by atoms with van der Waals surface area (Å²) >= 11 is 1.60. The molecule has 134 valence electrons. The molecule has 1 aromatic carbocycles. The molecule has 0 aliphatic carbocycles. The van der Waals surface area contributed by atoms with Crippen molar-refractivity contribution in [3.8, 4) is 10.6 Å². The number of fused-ring (bicyclic) bond motifs is 1. The normalized spacial score (nSPS) is 15.4. The second-order valence-corrected chi connectivity index (χ2v) is 7.80. The van der Waals surface area contributed by atoms with Gasteiger partial charge in [-0.1, -0.05) is 30.0 Å². The maximum absolute atomic E-state index is 4.53. The Bertz CT molecular complexity index is 942. The lowest BCUT2D eigenvalue weighted by atomic mass is 10.1. The summed E-state index contributed by atoms with van der Waals surface area (Å²) in [4.78, 5) is 9.13. The molecule has 1 aliphatic rings. The molecular weight excluding hydrogens is 344 g/mol. The first-order valence-electron chi connectivity index (χ1n) is 8.68. The van der Waals surface area contributed by atoms with Crippen molar-refractivity contribution in [1.29, 1.82) is 0 Å². The maximum atomic E-state index is 4.53. The first-order chi connectivity index (χ1) is 12.6. The number of rotatable bonds is 4. The van der Waals surface area contributed by atoms with Crippen molar-refractivity contribution in [3.63, 3.8) is 0 Å². The second-order valence-electron chi connectivity index (χ2n) is 6.62. The minimum absolute atomic E-state index is 0.812. The number of likely N-dealkylation sites (N-methyl/N-ethyl adjacent to an activating group) is 1. The van der Waals surface area contributed by atoms with Gasteiger partial charge in [-0.3, -0.25) is 0 Å². The van der Waals surface area contributed by atoms with Crippen LogP contribution in [-0.4, -0.2) is 58.2 Å². The lowest BCUT2D eigenvalue weighted by Crippen LogP contribution is -2.44. The van der Waals surface area contributed by atoms with E-state index in [1.54, 1.807) is 11.3 Å². The van der Waals surface area contributed by atoms with Gasteiger partial charge in [0.15, 0.2) is 0 Å². The van der Waals surface area contributed by atoms with Crippen LogP contribution in [0.1, 0.15) is 5.01 Å². The van der Waals surface area contributed by atoms with Crippen LogP contribution >= 0.6 is 11.3 Å². The van der Waals surface area contributed by atoms with Gasteiger partial charge in [-0.15, -0.1) is 10.2 Å². The average molecular weight is 366 g/mol. The van der Waals surface area contributed by atoms with Gasteiger partial charge in [-0.05, 0) is 31.5 Å². The van der Waals surface area contributed by atoms with Gasteiger partial charge >= 0.3 is 0 Å². The van der Waals surface area contributed by atoms with Gasteiger partial charge in [0.2, 0.25) is 0 Å². The number of hydrogen-bond acceptors (Lipinski definition) is 7. The Morgan fingerprint density at radius 3 is 2.65 bits per heavy atom. The molecule has 0 unspecified atom stereocenters. The summed E-state index contributed by atoms with van der Waals surface area (Å²) in [6.45, 7) is 10.2. The summed E-state index contributed by atoms with van der Waals surface area (Å²) in [6, 6.07) is 8.35. The summed E-state index contributed by atoms with van der Waals surface area (Å²) in [5.74, 6) is 1.72. The predicted molar refractivity (Wildman–Crippen MR) is 107 cm³/mol. The Hall–Kier alpha value is -2.51. The molecule has 4 rings (SSSR count). The fourth-order valence-electron chi connectivity index (χ4n) is 3.06. The lowest BCUT2D eigenvalue weighted by molar-refractivity contribution is 0.188. The Morgan fingerprint density at radius 1 is 1.12 bits per heavy atom. The number of nitrogens with zero attached hydrogens (tertiary/aromatic N) is 5. The average Bonchev–Trinajstić information content (AvgIpc) is 3.08. The number of anilines is 1. The summed E-state index contributed by atoms with van der Waals surface area (Å²) in [5.41, 5.74) is 1.08. The van der Waals surface area contributed by atoms with E-state index < -0.39 is 0 Å². The number of nitrogens with one attached hydrogen (secondary N) is 1. The van der Waals surface area contributed by atoms with E-state index in [2.05, 4.69) is 68.2 Å². The smallest absolute Gasteiger partial charge is 0.147 e. The molecule has 0 spiro atoms. The third-order valence-electron chi connectivity index (χ3n) is 4.65. The van der Waals surface area contributed by atoms with Crippen molar-refractivity contribution < 1.29 is 0 Å². The van der Waals surface area contributed by atoms with Crippen LogP contribution in [0.3, 0.4) is 0 Å². The summed E-state index contributed by atoms with van der Waals surface area (Å²) in [7, 11) is 2.15. The Morgan fingerprint density at radius 2 is 1.92 bits per heavy atom. The van der Waals surface area contributed by atoms with Gasteiger partial charge in [0, 0.05) is 43.3 Å².